The van der Waals surface area contributed by atoms with Crippen molar-refractivity contribution in [2.75, 3.05) is 5.32 Å². The van der Waals surface area contributed by atoms with Crippen LogP contribution < -0.4 is 5.32 Å². The summed E-state index contributed by atoms with van der Waals surface area (Å²) in [5.41, 5.74) is 1.88. The molecule has 2 aliphatic rings. The molecule has 2 fully saturated rings. The zero-order valence-corrected chi connectivity index (χ0v) is 18.4. The lowest BCUT2D eigenvalue weighted by molar-refractivity contribution is -0.125. The monoisotopic (exact) mass is 404 g/mol. The maximum atomic E-state index is 13.8. The summed E-state index contributed by atoms with van der Waals surface area (Å²) in [5, 5.41) is 13.2. The average molecular weight is 405 g/mol. The molecule has 3 unspecified atom stereocenters. The number of fused-ring (bicyclic) bond motifs is 2. The number of phenolic OH excluding ortho intramolecular Hbond substituents is 1. The second kappa shape index (κ2) is 7.57. The van der Waals surface area contributed by atoms with Crippen molar-refractivity contribution in [3.05, 3.63) is 60.2 Å². The standard InChI is InChI=1S/C26H32N2O2/c1-17(2)23(18-10-6-5-7-11-18)28-22-16-19-14-15-26(22,25(19,3)4)24(30)27-20-12-8-9-13-21(20)29/h5-13,17,19,23,29H,14-16H2,1-4H3,(H,27,30). The molecular formula is C26H32N2O2. The normalized spacial score (nSPS) is 26.8. The van der Waals surface area contributed by atoms with Gasteiger partial charge < -0.3 is 10.4 Å². The van der Waals surface area contributed by atoms with Gasteiger partial charge in [0.1, 0.15) is 5.75 Å². The summed E-state index contributed by atoms with van der Waals surface area (Å²) in [6.45, 7) is 8.80. The largest absolute Gasteiger partial charge is 0.506 e. The van der Waals surface area contributed by atoms with E-state index >= 15 is 0 Å². The van der Waals surface area contributed by atoms with E-state index in [1.807, 2.05) is 12.1 Å². The Balaban J connectivity index is 1.75. The fourth-order valence-corrected chi connectivity index (χ4v) is 5.64. The molecule has 2 N–H and O–H groups in total. The number of carbonyl (C=O) groups is 1. The summed E-state index contributed by atoms with van der Waals surface area (Å²) in [7, 11) is 0. The third kappa shape index (κ3) is 3.13. The Morgan fingerprint density at radius 1 is 1.10 bits per heavy atom. The number of anilines is 1. The van der Waals surface area contributed by atoms with Crippen LogP contribution in [0.4, 0.5) is 5.69 Å². The molecule has 0 aromatic heterocycles. The van der Waals surface area contributed by atoms with Crippen LogP contribution in [-0.4, -0.2) is 16.7 Å². The topological polar surface area (TPSA) is 61.7 Å². The highest BCUT2D eigenvalue weighted by Crippen LogP contribution is 2.65. The highest BCUT2D eigenvalue weighted by Gasteiger charge is 2.66. The molecule has 2 aromatic carbocycles. The average Bonchev–Trinajstić information content (AvgIpc) is 3.11. The summed E-state index contributed by atoms with van der Waals surface area (Å²) >= 11 is 0. The number of carbonyl (C=O) groups excluding carboxylic acids is 1. The number of phenols is 1. The van der Waals surface area contributed by atoms with E-state index in [-0.39, 0.29) is 23.1 Å². The van der Waals surface area contributed by atoms with Crippen LogP contribution in [0, 0.1) is 22.7 Å². The summed E-state index contributed by atoms with van der Waals surface area (Å²) in [4.78, 5) is 19.0. The third-order valence-corrected chi connectivity index (χ3v) is 7.53. The highest BCUT2D eigenvalue weighted by atomic mass is 16.3. The van der Waals surface area contributed by atoms with Crippen molar-refractivity contribution >= 4 is 17.3 Å². The number of amides is 1. The molecule has 2 aliphatic carbocycles. The van der Waals surface area contributed by atoms with Gasteiger partial charge in [-0.25, -0.2) is 0 Å². The first-order chi connectivity index (χ1) is 14.3. The first-order valence-corrected chi connectivity index (χ1v) is 11.0. The van der Waals surface area contributed by atoms with Crippen molar-refractivity contribution in [3.8, 4) is 5.75 Å². The Morgan fingerprint density at radius 3 is 2.40 bits per heavy atom. The molecule has 30 heavy (non-hydrogen) atoms. The second-order valence-electron chi connectivity index (χ2n) is 9.71. The Kier molecular flexibility index (Phi) is 5.21. The van der Waals surface area contributed by atoms with E-state index in [9.17, 15) is 9.90 Å². The van der Waals surface area contributed by atoms with Crippen molar-refractivity contribution in [2.24, 2.45) is 27.7 Å². The van der Waals surface area contributed by atoms with E-state index in [1.165, 1.54) is 5.56 Å². The summed E-state index contributed by atoms with van der Waals surface area (Å²) in [5.74, 6) is 0.842. The quantitative estimate of drug-likeness (QED) is 0.601. The molecule has 2 saturated carbocycles. The van der Waals surface area contributed by atoms with Crippen molar-refractivity contribution in [2.45, 2.75) is 53.0 Å². The van der Waals surface area contributed by atoms with Gasteiger partial charge in [-0.2, -0.15) is 0 Å². The lowest BCUT2D eigenvalue weighted by Crippen LogP contribution is -2.47. The van der Waals surface area contributed by atoms with Gasteiger partial charge in [-0.1, -0.05) is 70.2 Å². The zero-order valence-electron chi connectivity index (χ0n) is 18.4. The van der Waals surface area contributed by atoms with Crippen LogP contribution in [0.15, 0.2) is 59.6 Å². The van der Waals surface area contributed by atoms with Gasteiger partial charge in [0.15, 0.2) is 0 Å². The Hall–Kier alpha value is -2.62. The lowest BCUT2D eigenvalue weighted by atomic mass is 9.67. The number of nitrogens with zero attached hydrogens (tertiary/aromatic N) is 1. The fourth-order valence-electron chi connectivity index (χ4n) is 5.64. The number of rotatable bonds is 5. The first kappa shape index (κ1) is 20.6. The Morgan fingerprint density at radius 2 is 1.77 bits per heavy atom. The predicted octanol–water partition coefficient (Wildman–Crippen LogP) is 6.00. The first-order valence-electron chi connectivity index (χ1n) is 11.0. The number of benzene rings is 2. The van der Waals surface area contributed by atoms with Crippen molar-refractivity contribution in [3.63, 3.8) is 0 Å². The molecule has 4 rings (SSSR count). The van der Waals surface area contributed by atoms with Gasteiger partial charge in [-0.05, 0) is 54.2 Å². The summed E-state index contributed by atoms with van der Waals surface area (Å²) < 4.78 is 0. The summed E-state index contributed by atoms with van der Waals surface area (Å²) in [6.07, 6.45) is 2.72. The van der Waals surface area contributed by atoms with Gasteiger partial charge in [0.2, 0.25) is 5.91 Å². The van der Waals surface area contributed by atoms with Crippen LogP contribution >= 0.6 is 0 Å². The molecular weight excluding hydrogens is 372 g/mol. The third-order valence-electron chi connectivity index (χ3n) is 7.53. The number of aromatic hydroxyl groups is 1. The van der Waals surface area contributed by atoms with Crippen molar-refractivity contribution in [1.82, 2.24) is 0 Å². The van der Waals surface area contributed by atoms with Crippen LogP contribution in [0.2, 0.25) is 0 Å². The SMILES string of the molecule is CC(C)C(N=C1CC2CCC1(C(=O)Nc1ccccc1O)C2(C)C)c1ccccc1. The van der Waals surface area contributed by atoms with E-state index in [1.54, 1.807) is 18.2 Å². The van der Waals surface area contributed by atoms with Crippen LogP contribution in [0.3, 0.4) is 0 Å². The number of hydrogen-bond acceptors (Lipinski definition) is 3. The molecule has 0 aliphatic heterocycles. The molecule has 0 radical (unpaired) electrons. The molecule has 4 heteroatoms. The molecule has 3 atom stereocenters. The number of hydrogen-bond donors (Lipinski definition) is 2. The van der Waals surface area contributed by atoms with Crippen LogP contribution in [0.1, 0.15) is 58.6 Å². The Labute approximate surface area is 179 Å². The minimum Gasteiger partial charge on any atom is -0.506 e. The van der Waals surface area contributed by atoms with E-state index in [0.717, 1.165) is 25.0 Å². The molecule has 0 spiro atoms. The van der Waals surface area contributed by atoms with Gasteiger partial charge in [-0.15, -0.1) is 0 Å². The number of aliphatic imine (C=N–C) groups is 1. The van der Waals surface area contributed by atoms with Crippen LogP contribution in [-0.2, 0) is 4.79 Å². The molecule has 158 valence electrons. The van der Waals surface area contributed by atoms with Gasteiger partial charge in [0.05, 0.1) is 17.1 Å². The van der Waals surface area contributed by atoms with Crippen molar-refractivity contribution in [1.29, 1.82) is 0 Å². The second-order valence-corrected chi connectivity index (χ2v) is 9.71. The molecule has 4 nitrogen and oxygen atoms in total. The fraction of sp³-hybridized carbons (Fsp3) is 0.462. The van der Waals surface area contributed by atoms with E-state index in [2.05, 4.69) is 57.3 Å². The number of para-hydroxylation sites is 2. The minimum absolute atomic E-state index is 0.0335. The van der Waals surface area contributed by atoms with Gasteiger partial charge >= 0.3 is 0 Å². The van der Waals surface area contributed by atoms with E-state index < -0.39 is 5.41 Å². The van der Waals surface area contributed by atoms with Crippen LogP contribution in [0.5, 0.6) is 5.75 Å². The van der Waals surface area contributed by atoms with Gasteiger partial charge in [0.25, 0.3) is 0 Å². The van der Waals surface area contributed by atoms with E-state index in [4.69, 9.17) is 4.99 Å². The molecule has 2 bridgehead atoms. The van der Waals surface area contributed by atoms with Gasteiger partial charge in [0, 0.05) is 5.71 Å². The predicted molar refractivity (Wildman–Crippen MR) is 122 cm³/mol. The lowest BCUT2D eigenvalue weighted by Gasteiger charge is -2.37. The van der Waals surface area contributed by atoms with Gasteiger partial charge in [-0.3, -0.25) is 9.79 Å². The van der Waals surface area contributed by atoms with Crippen LogP contribution in [0.25, 0.3) is 0 Å². The molecule has 0 heterocycles. The Bertz CT molecular complexity index is 964. The number of nitrogens with one attached hydrogen (secondary N) is 1. The molecule has 2 aromatic rings. The van der Waals surface area contributed by atoms with Crippen molar-refractivity contribution < 1.29 is 9.90 Å². The maximum absolute atomic E-state index is 13.8. The maximum Gasteiger partial charge on any atom is 0.236 e. The summed E-state index contributed by atoms with van der Waals surface area (Å²) in [6, 6.07) is 17.3. The molecule has 1 amide bonds. The molecule has 0 saturated heterocycles. The highest BCUT2D eigenvalue weighted by molar-refractivity contribution is 6.16. The van der Waals surface area contributed by atoms with E-state index in [0.29, 0.717) is 17.5 Å². The zero-order chi connectivity index (χ0) is 21.5. The smallest absolute Gasteiger partial charge is 0.236 e. The minimum atomic E-state index is -0.637.